The molecule has 2 aromatic rings. The molecule has 0 fully saturated rings. The van der Waals surface area contributed by atoms with Gasteiger partial charge in [0, 0.05) is 32.4 Å². The van der Waals surface area contributed by atoms with E-state index in [1.165, 1.54) is 6.07 Å². The SMILES string of the molecule is CCCC[C@@]1(CC)CN(c2ccccc2)c2cc(N(C)C)c(O/C=C(\F)C(=O)OCC)cc2S(=O)(=O)N1. The standard InChI is InChI=1S/C27H36FN3O5S/c1-6-9-15-27(7-2)19-31(20-13-11-10-12-14-20)23-16-22(30(4)5)24(17-25(23)37(33,34)29-27)36-18-21(28)26(32)35-8-3/h10-14,16-18,29H,6-9,15,19H2,1-5H3/b21-18-/t27-/m0/s1. The number of sulfonamides is 1. The van der Waals surface area contributed by atoms with Crippen LogP contribution in [0.5, 0.6) is 5.75 Å². The van der Waals surface area contributed by atoms with Gasteiger partial charge >= 0.3 is 5.97 Å². The van der Waals surface area contributed by atoms with Crippen molar-refractivity contribution in [3.8, 4) is 5.75 Å². The quantitative estimate of drug-likeness (QED) is 0.253. The maximum absolute atomic E-state index is 14.2. The van der Waals surface area contributed by atoms with Crippen molar-refractivity contribution in [2.45, 2.75) is 56.9 Å². The van der Waals surface area contributed by atoms with Crippen molar-refractivity contribution in [3.63, 3.8) is 0 Å². The number of unbranched alkanes of at least 4 members (excludes halogenated alkanes) is 1. The van der Waals surface area contributed by atoms with E-state index in [-0.39, 0.29) is 17.3 Å². The van der Waals surface area contributed by atoms with Gasteiger partial charge < -0.3 is 19.3 Å². The van der Waals surface area contributed by atoms with Crippen molar-refractivity contribution < 1.29 is 27.1 Å². The highest BCUT2D eigenvalue weighted by Crippen LogP contribution is 2.44. The van der Waals surface area contributed by atoms with Crippen molar-refractivity contribution >= 4 is 33.1 Å². The van der Waals surface area contributed by atoms with Crippen LogP contribution >= 0.6 is 0 Å². The second-order valence-electron chi connectivity index (χ2n) is 9.25. The maximum atomic E-state index is 14.2. The predicted molar refractivity (Wildman–Crippen MR) is 144 cm³/mol. The lowest BCUT2D eigenvalue weighted by molar-refractivity contribution is -0.140. The summed E-state index contributed by atoms with van der Waals surface area (Å²) in [5.74, 6) is -2.30. The zero-order valence-electron chi connectivity index (χ0n) is 22.1. The van der Waals surface area contributed by atoms with Gasteiger partial charge in [-0.3, -0.25) is 0 Å². The minimum absolute atomic E-state index is 0.00807. The predicted octanol–water partition coefficient (Wildman–Crippen LogP) is 5.27. The Balaban J connectivity index is 2.22. The third-order valence-corrected chi connectivity index (χ3v) is 8.04. The van der Waals surface area contributed by atoms with E-state index in [0.717, 1.165) is 18.5 Å². The fraction of sp³-hybridized carbons (Fsp3) is 0.444. The van der Waals surface area contributed by atoms with Crippen molar-refractivity contribution in [3.05, 3.63) is 54.6 Å². The number of nitrogens with zero attached hydrogens (tertiary/aromatic N) is 2. The van der Waals surface area contributed by atoms with Gasteiger partial charge in [0.05, 0.1) is 23.5 Å². The van der Waals surface area contributed by atoms with E-state index in [2.05, 4.69) is 16.4 Å². The molecular weight excluding hydrogens is 497 g/mol. The molecule has 37 heavy (non-hydrogen) atoms. The van der Waals surface area contributed by atoms with Gasteiger partial charge in [-0.15, -0.1) is 0 Å². The van der Waals surface area contributed by atoms with E-state index in [4.69, 9.17) is 4.74 Å². The largest absolute Gasteiger partial charge is 0.461 e. The highest BCUT2D eigenvalue weighted by atomic mass is 32.2. The minimum atomic E-state index is -3.99. The average Bonchev–Trinajstić information content (AvgIpc) is 2.98. The first-order valence-corrected chi connectivity index (χ1v) is 14.0. The summed E-state index contributed by atoms with van der Waals surface area (Å²) in [7, 11) is -0.451. The number of esters is 1. The van der Waals surface area contributed by atoms with Crippen LogP contribution in [-0.2, 0) is 19.6 Å². The summed E-state index contributed by atoms with van der Waals surface area (Å²) >= 11 is 0. The molecule has 0 aliphatic carbocycles. The van der Waals surface area contributed by atoms with Gasteiger partial charge in [-0.2, -0.15) is 4.39 Å². The molecule has 10 heteroatoms. The summed E-state index contributed by atoms with van der Waals surface area (Å²) < 4.78 is 55.0. The number of nitrogens with one attached hydrogen (secondary N) is 1. The van der Waals surface area contributed by atoms with Crippen molar-refractivity contribution in [1.82, 2.24) is 4.72 Å². The molecule has 1 aliphatic heterocycles. The van der Waals surface area contributed by atoms with Crippen LogP contribution in [0.25, 0.3) is 0 Å². The van der Waals surface area contributed by atoms with Gasteiger partial charge in [-0.05, 0) is 38.0 Å². The number of rotatable bonds is 10. The molecule has 1 atom stereocenters. The van der Waals surface area contributed by atoms with Gasteiger partial charge in [0.15, 0.2) is 5.75 Å². The second-order valence-corrected chi connectivity index (χ2v) is 10.9. The minimum Gasteiger partial charge on any atom is -0.461 e. The van der Waals surface area contributed by atoms with E-state index < -0.39 is 27.4 Å². The lowest BCUT2D eigenvalue weighted by Crippen LogP contribution is -2.52. The summed E-state index contributed by atoms with van der Waals surface area (Å²) in [5, 5.41) is 0. The molecule has 0 saturated carbocycles. The molecule has 1 aliphatic rings. The first-order chi connectivity index (χ1) is 17.6. The topological polar surface area (TPSA) is 88.2 Å². The van der Waals surface area contributed by atoms with E-state index in [0.29, 0.717) is 37.0 Å². The first kappa shape index (κ1) is 28.5. The highest BCUT2D eigenvalue weighted by molar-refractivity contribution is 7.89. The molecule has 1 heterocycles. The molecule has 8 nitrogen and oxygen atoms in total. The molecule has 0 saturated heterocycles. The van der Waals surface area contributed by atoms with Crippen LogP contribution in [-0.4, -0.2) is 47.2 Å². The summed E-state index contributed by atoms with van der Waals surface area (Å²) in [6.45, 7) is 6.08. The first-order valence-electron chi connectivity index (χ1n) is 12.5. The van der Waals surface area contributed by atoms with Gasteiger partial charge in [-0.25, -0.2) is 17.9 Å². The number of halogens is 1. The molecule has 0 radical (unpaired) electrons. The summed E-state index contributed by atoms with van der Waals surface area (Å²) in [6.07, 6.45) is 3.71. The molecule has 3 rings (SSSR count). The van der Waals surface area contributed by atoms with Gasteiger partial charge in [-0.1, -0.05) is 44.9 Å². The molecule has 0 amide bonds. The lowest BCUT2D eigenvalue weighted by atomic mass is 9.89. The molecule has 0 bridgehead atoms. The van der Waals surface area contributed by atoms with Crippen LogP contribution in [0.3, 0.4) is 0 Å². The van der Waals surface area contributed by atoms with Crippen LogP contribution in [0.2, 0.25) is 0 Å². The number of para-hydroxylation sites is 1. The molecule has 1 N–H and O–H groups in total. The molecule has 0 unspecified atom stereocenters. The van der Waals surface area contributed by atoms with E-state index in [1.54, 1.807) is 32.0 Å². The summed E-state index contributed by atoms with van der Waals surface area (Å²) in [4.78, 5) is 15.4. The van der Waals surface area contributed by atoms with Crippen LogP contribution < -0.4 is 19.3 Å². The molecule has 0 spiro atoms. The number of hydrogen-bond donors (Lipinski definition) is 1. The number of anilines is 3. The maximum Gasteiger partial charge on any atom is 0.370 e. The number of hydrogen-bond acceptors (Lipinski definition) is 7. The van der Waals surface area contributed by atoms with Crippen LogP contribution in [0.4, 0.5) is 21.5 Å². The Morgan fingerprint density at radius 1 is 1.19 bits per heavy atom. The molecule has 2 aromatic carbocycles. The summed E-state index contributed by atoms with van der Waals surface area (Å²) in [6, 6.07) is 12.7. The van der Waals surface area contributed by atoms with Crippen molar-refractivity contribution in [1.29, 1.82) is 0 Å². The molecule has 202 valence electrons. The number of carbonyl (C=O) groups excluding carboxylic acids is 1. The zero-order chi connectivity index (χ0) is 27.2. The smallest absolute Gasteiger partial charge is 0.370 e. The normalized spacial score (nSPS) is 19.1. The number of benzene rings is 2. The third-order valence-electron chi connectivity index (χ3n) is 6.43. The Hall–Kier alpha value is -3.11. The number of ether oxygens (including phenoxy) is 2. The van der Waals surface area contributed by atoms with Crippen molar-refractivity contribution in [2.75, 3.05) is 37.0 Å². The van der Waals surface area contributed by atoms with Gasteiger partial charge in [0.25, 0.3) is 0 Å². The molecule has 0 aromatic heterocycles. The Morgan fingerprint density at radius 2 is 1.89 bits per heavy atom. The second kappa shape index (κ2) is 12.0. The number of fused-ring (bicyclic) bond motifs is 1. The summed E-state index contributed by atoms with van der Waals surface area (Å²) in [5.41, 5.74) is 1.15. The van der Waals surface area contributed by atoms with Gasteiger partial charge in [0.2, 0.25) is 15.9 Å². The average molecular weight is 534 g/mol. The Bertz CT molecular complexity index is 1230. The van der Waals surface area contributed by atoms with Crippen LogP contribution in [0.1, 0.15) is 46.5 Å². The lowest BCUT2D eigenvalue weighted by Gasteiger charge is -2.36. The Labute approximate surface area is 219 Å². The van der Waals surface area contributed by atoms with E-state index >= 15 is 0 Å². The van der Waals surface area contributed by atoms with Crippen molar-refractivity contribution in [2.24, 2.45) is 0 Å². The monoisotopic (exact) mass is 533 g/mol. The van der Waals surface area contributed by atoms with Crippen LogP contribution in [0.15, 0.2) is 59.4 Å². The fourth-order valence-corrected chi connectivity index (χ4v) is 6.07. The Morgan fingerprint density at radius 3 is 2.49 bits per heavy atom. The zero-order valence-corrected chi connectivity index (χ0v) is 22.9. The highest BCUT2D eigenvalue weighted by Gasteiger charge is 2.41. The van der Waals surface area contributed by atoms with Gasteiger partial charge in [0.1, 0.15) is 11.2 Å². The van der Waals surface area contributed by atoms with E-state index in [1.807, 2.05) is 42.2 Å². The molecular formula is C27H36FN3O5S. The number of carbonyl (C=O) groups is 1. The Kier molecular flexibility index (Phi) is 9.20. The third kappa shape index (κ3) is 6.42. The van der Waals surface area contributed by atoms with E-state index in [9.17, 15) is 17.6 Å². The fourth-order valence-electron chi connectivity index (χ4n) is 4.38. The van der Waals surface area contributed by atoms with Crippen LogP contribution in [0, 0.1) is 0 Å².